The number of aromatic nitrogens is 1. The van der Waals surface area contributed by atoms with Gasteiger partial charge < -0.3 is 15.4 Å². The lowest BCUT2D eigenvalue weighted by atomic mass is 10.2. The number of hydrogen-bond acceptors (Lipinski definition) is 3. The Bertz CT molecular complexity index is 662. The minimum Gasteiger partial charge on any atom is -0.439 e. The minimum absolute atomic E-state index is 0. The Balaban J connectivity index is 0.00000312. The summed E-state index contributed by atoms with van der Waals surface area (Å²) < 4.78 is 18.4. The number of hydrogen-bond donors (Lipinski definition) is 2. The molecule has 1 atom stereocenters. The Morgan fingerprint density at radius 2 is 1.96 bits per heavy atom. The predicted molar refractivity (Wildman–Crippen MR) is 109 cm³/mol. The average Bonchev–Trinajstić information content (AvgIpc) is 2.61. The first-order valence-electron chi connectivity index (χ1n) is 7.96. The summed E-state index contributed by atoms with van der Waals surface area (Å²) in [6, 6.07) is 9.91. The fourth-order valence-electron chi connectivity index (χ4n) is 1.92. The number of rotatable bonds is 6. The normalized spacial score (nSPS) is 12.1. The van der Waals surface area contributed by atoms with Gasteiger partial charge in [0.2, 0.25) is 5.88 Å². The smallest absolute Gasteiger partial charge is 0.219 e. The highest BCUT2D eigenvalue weighted by Crippen LogP contribution is 2.19. The van der Waals surface area contributed by atoms with Crippen LogP contribution in [-0.2, 0) is 6.54 Å². The topological polar surface area (TPSA) is 58.5 Å². The van der Waals surface area contributed by atoms with Gasteiger partial charge in [-0.2, -0.15) is 0 Å². The zero-order valence-electron chi connectivity index (χ0n) is 14.6. The number of benzene rings is 1. The quantitative estimate of drug-likeness (QED) is 0.389. The molecule has 2 aromatic rings. The molecule has 0 radical (unpaired) electrons. The molecule has 0 amide bonds. The van der Waals surface area contributed by atoms with Crippen LogP contribution in [0.3, 0.4) is 0 Å². The SMILES string of the molecule is CCC(C)NC(=NC)NCc1ccc(Oc2ccc(F)cc2)nc1.I. The second kappa shape index (κ2) is 10.9. The van der Waals surface area contributed by atoms with E-state index in [0.29, 0.717) is 24.2 Å². The lowest BCUT2D eigenvalue weighted by Gasteiger charge is -2.16. The van der Waals surface area contributed by atoms with Crippen LogP contribution >= 0.6 is 24.0 Å². The van der Waals surface area contributed by atoms with Crippen LogP contribution < -0.4 is 15.4 Å². The van der Waals surface area contributed by atoms with Crippen molar-refractivity contribution in [1.29, 1.82) is 0 Å². The van der Waals surface area contributed by atoms with Crippen molar-refractivity contribution >= 4 is 29.9 Å². The lowest BCUT2D eigenvalue weighted by molar-refractivity contribution is 0.461. The van der Waals surface area contributed by atoms with Gasteiger partial charge in [0.15, 0.2) is 5.96 Å². The van der Waals surface area contributed by atoms with E-state index >= 15 is 0 Å². The Labute approximate surface area is 165 Å². The third-order valence-corrected chi connectivity index (χ3v) is 3.51. The molecule has 1 aromatic heterocycles. The minimum atomic E-state index is -0.295. The van der Waals surface area contributed by atoms with Crippen LogP contribution in [-0.4, -0.2) is 24.0 Å². The van der Waals surface area contributed by atoms with Gasteiger partial charge in [0.05, 0.1) is 0 Å². The molecule has 0 bridgehead atoms. The molecular weight excluding hydrogens is 434 g/mol. The van der Waals surface area contributed by atoms with E-state index in [9.17, 15) is 4.39 Å². The summed E-state index contributed by atoms with van der Waals surface area (Å²) in [5.74, 6) is 1.48. The first-order valence-corrected chi connectivity index (χ1v) is 7.96. The lowest BCUT2D eigenvalue weighted by Crippen LogP contribution is -2.41. The van der Waals surface area contributed by atoms with E-state index in [1.165, 1.54) is 12.1 Å². The van der Waals surface area contributed by atoms with Gasteiger partial charge in [0, 0.05) is 31.9 Å². The van der Waals surface area contributed by atoms with Crippen LogP contribution in [0.5, 0.6) is 11.6 Å². The maximum Gasteiger partial charge on any atom is 0.219 e. The molecule has 0 spiro atoms. The largest absolute Gasteiger partial charge is 0.439 e. The second-order valence-electron chi connectivity index (χ2n) is 5.44. The number of nitrogens with zero attached hydrogens (tertiary/aromatic N) is 2. The Kier molecular flexibility index (Phi) is 9.18. The molecule has 0 fully saturated rings. The summed E-state index contributed by atoms with van der Waals surface area (Å²) in [5, 5.41) is 6.54. The van der Waals surface area contributed by atoms with E-state index in [4.69, 9.17) is 4.74 Å². The first-order chi connectivity index (χ1) is 11.6. The van der Waals surface area contributed by atoms with Crippen LogP contribution in [0.1, 0.15) is 25.8 Å². The fourth-order valence-corrected chi connectivity index (χ4v) is 1.92. The van der Waals surface area contributed by atoms with Crippen molar-refractivity contribution in [1.82, 2.24) is 15.6 Å². The average molecular weight is 458 g/mol. The highest BCUT2D eigenvalue weighted by atomic mass is 127. The summed E-state index contributed by atoms with van der Waals surface area (Å²) in [6.45, 7) is 4.84. The van der Waals surface area contributed by atoms with Crippen molar-refractivity contribution in [3.63, 3.8) is 0 Å². The molecule has 2 rings (SSSR count). The predicted octanol–water partition coefficient (Wildman–Crippen LogP) is 4.09. The number of nitrogens with one attached hydrogen (secondary N) is 2. The number of pyridine rings is 1. The molecular formula is C18H24FIN4O. The molecule has 2 N–H and O–H groups in total. The molecule has 0 saturated heterocycles. The Hall–Kier alpha value is -1.90. The molecule has 0 saturated carbocycles. The van der Waals surface area contributed by atoms with Crippen LogP contribution in [0.15, 0.2) is 47.6 Å². The molecule has 0 aliphatic heterocycles. The number of guanidine groups is 1. The van der Waals surface area contributed by atoms with Crippen LogP contribution in [0.2, 0.25) is 0 Å². The zero-order valence-corrected chi connectivity index (χ0v) is 17.0. The summed E-state index contributed by atoms with van der Waals surface area (Å²) in [7, 11) is 1.75. The Morgan fingerprint density at radius 1 is 1.24 bits per heavy atom. The molecule has 0 aliphatic carbocycles. The van der Waals surface area contributed by atoms with Gasteiger partial charge in [-0.15, -0.1) is 24.0 Å². The van der Waals surface area contributed by atoms with Gasteiger partial charge >= 0.3 is 0 Å². The molecule has 25 heavy (non-hydrogen) atoms. The van der Waals surface area contributed by atoms with Crippen LogP contribution in [0, 0.1) is 5.82 Å². The van der Waals surface area contributed by atoms with Crippen molar-refractivity contribution < 1.29 is 9.13 Å². The maximum atomic E-state index is 12.9. The number of ether oxygens (including phenoxy) is 1. The summed E-state index contributed by atoms with van der Waals surface area (Å²) in [5.41, 5.74) is 1.01. The van der Waals surface area contributed by atoms with E-state index in [1.54, 1.807) is 31.4 Å². The first kappa shape index (κ1) is 21.1. The van der Waals surface area contributed by atoms with Crippen LogP contribution in [0.25, 0.3) is 0 Å². The summed E-state index contributed by atoms with van der Waals surface area (Å²) in [6.07, 6.45) is 2.76. The second-order valence-corrected chi connectivity index (χ2v) is 5.44. The van der Waals surface area contributed by atoms with E-state index < -0.39 is 0 Å². The van der Waals surface area contributed by atoms with Gasteiger partial charge in [0.1, 0.15) is 11.6 Å². The van der Waals surface area contributed by atoms with Gasteiger partial charge in [-0.1, -0.05) is 13.0 Å². The third-order valence-electron chi connectivity index (χ3n) is 3.51. The van der Waals surface area contributed by atoms with Gasteiger partial charge in [0.25, 0.3) is 0 Å². The van der Waals surface area contributed by atoms with Crippen molar-refractivity contribution in [2.24, 2.45) is 4.99 Å². The molecule has 0 aliphatic rings. The Morgan fingerprint density at radius 3 is 2.52 bits per heavy atom. The summed E-state index contributed by atoms with van der Waals surface area (Å²) in [4.78, 5) is 8.45. The maximum absolute atomic E-state index is 12.9. The van der Waals surface area contributed by atoms with E-state index in [1.807, 2.05) is 6.07 Å². The van der Waals surface area contributed by atoms with Gasteiger partial charge in [-0.05, 0) is 43.2 Å². The zero-order chi connectivity index (χ0) is 17.4. The molecule has 1 aromatic carbocycles. The molecule has 7 heteroatoms. The molecule has 1 heterocycles. The summed E-state index contributed by atoms with van der Waals surface area (Å²) >= 11 is 0. The van der Waals surface area contributed by atoms with Gasteiger partial charge in [-0.3, -0.25) is 4.99 Å². The third kappa shape index (κ3) is 7.25. The van der Waals surface area contributed by atoms with Crippen molar-refractivity contribution in [2.45, 2.75) is 32.9 Å². The van der Waals surface area contributed by atoms with Crippen LogP contribution in [0.4, 0.5) is 4.39 Å². The monoisotopic (exact) mass is 458 g/mol. The standard InChI is InChI=1S/C18H23FN4O.HI/c1-4-13(2)23-18(20-3)22-12-14-5-10-17(21-11-14)24-16-8-6-15(19)7-9-16;/h5-11,13H,4,12H2,1-3H3,(H2,20,22,23);1H. The van der Waals surface area contributed by atoms with Crippen molar-refractivity contribution in [3.8, 4) is 11.6 Å². The highest BCUT2D eigenvalue weighted by molar-refractivity contribution is 14.0. The van der Waals surface area contributed by atoms with E-state index in [2.05, 4.69) is 34.5 Å². The van der Waals surface area contributed by atoms with Gasteiger partial charge in [-0.25, -0.2) is 9.37 Å². The number of halogens is 2. The highest BCUT2D eigenvalue weighted by Gasteiger charge is 2.04. The van der Waals surface area contributed by atoms with Crippen molar-refractivity contribution in [2.75, 3.05) is 7.05 Å². The fraction of sp³-hybridized carbons (Fsp3) is 0.333. The number of aliphatic imine (C=N–C) groups is 1. The molecule has 5 nitrogen and oxygen atoms in total. The molecule has 1 unspecified atom stereocenters. The van der Waals surface area contributed by atoms with E-state index in [0.717, 1.165) is 17.9 Å². The van der Waals surface area contributed by atoms with E-state index in [-0.39, 0.29) is 29.8 Å². The molecule has 136 valence electrons. The van der Waals surface area contributed by atoms with Crippen molar-refractivity contribution in [3.05, 3.63) is 54.0 Å².